The Morgan fingerprint density at radius 1 is 1.09 bits per heavy atom. The van der Waals surface area contributed by atoms with Crippen LogP contribution in [0, 0.1) is 0 Å². The van der Waals surface area contributed by atoms with E-state index in [1.165, 1.54) is 6.92 Å². The number of hydrogen-bond acceptors (Lipinski definition) is 5. The second-order valence-electron chi connectivity index (χ2n) is 4.40. The Bertz CT molecular complexity index is 589. The first-order valence-electron chi connectivity index (χ1n) is 6.63. The molecule has 0 aliphatic rings. The summed E-state index contributed by atoms with van der Waals surface area (Å²) in [6, 6.07) is 6.28. The summed E-state index contributed by atoms with van der Waals surface area (Å²) in [7, 11) is 0. The lowest BCUT2D eigenvalue weighted by atomic mass is 10.2. The van der Waals surface area contributed by atoms with E-state index in [1.54, 1.807) is 24.3 Å². The van der Waals surface area contributed by atoms with Crippen LogP contribution in [0.4, 0.5) is 0 Å². The van der Waals surface area contributed by atoms with Gasteiger partial charge in [0.1, 0.15) is 0 Å². The maximum absolute atomic E-state index is 11.7. The van der Waals surface area contributed by atoms with Crippen LogP contribution in [0.15, 0.2) is 24.3 Å². The number of rotatable bonds is 6. The summed E-state index contributed by atoms with van der Waals surface area (Å²) in [5.74, 6) is -2.12. The Hall–Kier alpha value is -2.61. The van der Waals surface area contributed by atoms with Crippen LogP contribution >= 0.6 is 11.6 Å². The molecule has 0 spiro atoms. The molecule has 0 bridgehead atoms. The molecule has 8 nitrogen and oxygen atoms in total. The molecule has 0 fully saturated rings. The third-order valence-electron chi connectivity index (χ3n) is 2.46. The number of amides is 3. The number of nitrogens with one attached hydrogen (secondary N) is 3. The lowest BCUT2D eigenvalue weighted by molar-refractivity contribution is -0.148. The second-order valence-corrected chi connectivity index (χ2v) is 4.84. The van der Waals surface area contributed by atoms with E-state index >= 15 is 0 Å². The van der Waals surface area contributed by atoms with Crippen LogP contribution in [0.25, 0.3) is 0 Å². The number of hydrazine groups is 1. The highest BCUT2D eigenvalue weighted by molar-refractivity contribution is 6.30. The molecule has 9 heteroatoms. The highest BCUT2D eigenvalue weighted by Gasteiger charge is 2.09. The van der Waals surface area contributed by atoms with E-state index in [4.69, 9.17) is 11.6 Å². The Kier molecular flexibility index (Phi) is 7.55. The Morgan fingerprint density at radius 3 is 2.35 bits per heavy atom. The largest absolute Gasteiger partial charge is 0.455 e. The van der Waals surface area contributed by atoms with Crippen molar-refractivity contribution in [3.63, 3.8) is 0 Å². The molecule has 0 saturated carbocycles. The number of halogens is 1. The highest BCUT2D eigenvalue weighted by atomic mass is 35.5. The highest BCUT2D eigenvalue weighted by Crippen LogP contribution is 2.09. The Balaban J connectivity index is 2.21. The minimum Gasteiger partial charge on any atom is -0.455 e. The van der Waals surface area contributed by atoms with Gasteiger partial charge in [-0.2, -0.15) is 0 Å². The van der Waals surface area contributed by atoms with Crippen molar-refractivity contribution >= 4 is 35.3 Å². The fourth-order valence-electron chi connectivity index (χ4n) is 1.39. The molecule has 1 rings (SSSR count). The Labute approximate surface area is 137 Å². The molecule has 124 valence electrons. The zero-order valence-electron chi connectivity index (χ0n) is 12.3. The summed E-state index contributed by atoms with van der Waals surface area (Å²) >= 11 is 5.71. The number of carbonyl (C=O) groups excluding carboxylic acids is 4. The smallest absolute Gasteiger partial charge is 0.308 e. The van der Waals surface area contributed by atoms with Gasteiger partial charge in [-0.1, -0.05) is 11.6 Å². The maximum atomic E-state index is 11.7. The number of benzene rings is 1. The van der Waals surface area contributed by atoms with Crippen molar-refractivity contribution in [1.82, 2.24) is 16.2 Å². The van der Waals surface area contributed by atoms with Crippen LogP contribution in [-0.4, -0.2) is 36.8 Å². The number of ether oxygens (including phenoxy) is 1. The van der Waals surface area contributed by atoms with Gasteiger partial charge in [-0.25, -0.2) is 0 Å². The van der Waals surface area contributed by atoms with Crippen molar-refractivity contribution in [1.29, 1.82) is 0 Å². The molecule has 0 aliphatic heterocycles. The summed E-state index contributed by atoms with van der Waals surface area (Å²) in [4.78, 5) is 44.8. The van der Waals surface area contributed by atoms with Gasteiger partial charge in [-0.15, -0.1) is 0 Å². The molecule has 3 N–H and O–H groups in total. The van der Waals surface area contributed by atoms with Gasteiger partial charge < -0.3 is 10.1 Å². The molecule has 23 heavy (non-hydrogen) atoms. The van der Waals surface area contributed by atoms with Gasteiger partial charge in [0.15, 0.2) is 6.61 Å². The first kappa shape index (κ1) is 18.4. The van der Waals surface area contributed by atoms with Gasteiger partial charge in [0.25, 0.3) is 11.8 Å². The van der Waals surface area contributed by atoms with Crippen LogP contribution in [0.5, 0.6) is 0 Å². The van der Waals surface area contributed by atoms with Gasteiger partial charge in [-0.3, -0.25) is 30.0 Å². The predicted octanol–water partition coefficient (Wildman–Crippen LogP) is 0.170. The molecule has 0 aliphatic carbocycles. The summed E-state index contributed by atoms with van der Waals surface area (Å²) in [6.07, 6.45) is -0.0905. The van der Waals surface area contributed by atoms with Crippen LogP contribution in [0.1, 0.15) is 23.7 Å². The van der Waals surface area contributed by atoms with E-state index in [2.05, 4.69) is 15.5 Å². The first-order valence-corrected chi connectivity index (χ1v) is 7.01. The van der Waals surface area contributed by atoms with Crippen molar-refractivity contribution in [2.45, 2.75) is 13.3 Å². The van der Waals surface area contributed by atoms with Gasteiger partial charge in [-0.05, 0) is 24.3 Å². The van der Waals surface area contributed by atoms with E-state index in [0.29, 0.717) is 10.6 Å². The molecule has 0 atom stereocenters. The van der Waals surface area contributed by atoms with E-state index in [0.717, 1.165) is 0 Å². The van der Waals surface area contributed by atoms with E-state index < -0.39 is 24.4 Å². The van der Waals surface area contributed by atoms with Gasteiger partial charge in [0.2, 0.25) is 5.91 Å². The van der Waals surface area contributed by atoms with Crippen LogP contribution < -0.4 is 16.2 Å². The van der Waals surface area contributed by atoms with E-state index in [-0.39, 0.29) is 18.9 Å². The Morgan fingerprint density at radius 2 is 1.74 bits per heavy atom. The fraction of sp³-hybridized carbons (Fsp3) is 0.286. The molecule has 0 heterocycles. The lowest BCUT2D eigenvalue weighted by Gasteiger charge is -2.07. The summed E-state index contributed by atoms with van der Waals surface area (Å²) in [5, 5.41) is 3.05. The second kappa shape index (κ2) is 9.42. The molecule has 1 aromatic carbocycles. The standard InChI is InChI=1S/C14H16ClN3O5/c1-9(19)17-18-12(20)8-23-13(21)6-7-16-14(22)10-2-4-11(15)5-3-10/h2-5H,6-8H2,1H3,(H,16,22)(H,17,19)(H,18,20). The molecular formula is C14H16ClN3O5. The summed E-state index contributed by atoms with van der Waals surface area (Å²) in [5.41, 5.74) is 4.51. The van der Waals surface area contributed by atoms with Crippen molar-refractivity contribution in [3.8, 4) is 0 Å². The van der Waals surface area contributed by atoms with Crippen molar-refractivity contribution < 1.29 is 23.9 Å². The van der Waals surface area contributed by atoms with Gasteiger partial charge in [0, 0.05) is 24.1 Å². The average Bonchev–Trinajstić information content (AvgIpc) is 2.51. The normalized spacial score (nSPS) is 9.65. The fourth-order valence-corrected chi connectivity index (χ4v) is 1.52. The predicted molar refractivity (Wildman–Crippen MR) is 81.3 cm³/mol. The third kappa shape index (κ3) is 7.82. The SMILES string of the molecule is CC(=O)NNC(=O)COC(=O)CCNC(=O)c1ccc(Cl)cc1. The number of esters is 1. The van der Waals surface area contributed by atoms with Gasteiger partial charge >= 0.3 is 5.97 Å². The van der Waals surface area contributed by atoms with Crippen LogP contribution in [0.3, 0.4) is 0 Å². The third-order valence-corrected chi connectivity index (χ3v) is 2.72. The summed E-state index contributed by atoms with van der Waals surface area (Å²) < 4.78 is 4.67. The lowest BCUT2D eigenvalue weighted by Crippen LogP contribution is -2.42. The van der Waals surface area contributed by atoms with Crippen molar-refractivity contribution in [2.75, 3.05) is 13.2 Å². The molecular weight excluding hydrogens is 326 g/mol. The first-order chi connectivity index (χ1) is 10.9. The van der Waals surface area contributed by atoms with Crippen LogP contribution in [-0.2, 0) is 19.1 Å². The zero-order chi connectivity index (χ0) is 17.2. The van der Waals surface area contributed by atoms with Crippen LogP contribution in [0.2, 0.25) is 5.02 Å². The zero-order valence-corrected chi connectivity index (χ0v) is 13.1. The quantitative estimate of drug-likeness (QED) is 0.504. The number of carbonyl (C=O) groups is 4. The molecule has 0 unspecified atom stereocenters. The topological polar surface area (TPSA) is 114 Å². The monoisotopic (exact) mass is 341 g/mol. The van der Waals surface area contributed by atoms with Gasteiger partial charge in [0.05, 0.1) is 6.42 Å². The van der Waals surface area contributed by atoms with E-state index in [9.17, 15) is 19.2 Å². The summed E-state index contributed by atoms with van der Waals surface area (Å²) in [6.45, 7) is 0.757. The molecule has 1 aromatic rings. The maximum Gasteiger partial charge on any atom is 0.308 e. The van der Waals surface area contributed by atoms with E-state index in [1.807, 2.05) is 5.43 Å². The molecule has 3 amide bonds. The molecule has 0 aromatic heterocycles. The molecule has 0 radical (unpaired) electrons. The van der Waals surface area contributed by atoms with Crippen molar-refractivity contribution in [3.05, 3.63) is 34.9 Å². The van der Waals surface area contributed by atoms with Crippen molar-refractivity contribution in [2.24, 2.45) is 0 Å². The minimum absolute atomic E-state index is 0.0631. The average molecular weight is 342 g/mol. The minimum atomic E-state index is -0.668. The molecule has 0 saturated heterocycles. The number of hydrogen-bond donors (Lipinski definition) is 3.